The third-order valence-corrected chi connectivity index (χ3v) is 3.32. The lowest BCUT2D eigenvalue weighted by molar-refractivity contribution is -0.138. The van der Waals surface area contributed by atoms with Gasteiger partial charge in [0.2, 0.25) is 0 Å². The van der Waals surface area contributed by atoms with Crippen LogP contribution in [0.5, 0.6) is 0 Å². The van der Waals surface area contributed by atoms with Gasteiger partial charge in [0, 0.05) is 11.4 Å². The van der Waals surface area contributed by atoms with E-state index in [1.54, 1.807) is 0 Å². The molecule has 0 saturated carbocycles. The Bertz CT molecular complexity index is 704. The van der Waals surface area contributed by atoms with Gasteiger partial charge in [0.1, 0.15) is 13.5 Å². The molecule has 0 unspecified atom stereocenters. The number of aliphatic hydroxyl groups is 2. The average molecular weight is 426 g/mol. The van der Waals surface area contributed by atoms with Crippen LogP contribution in [-0.2, 0) is 17.1 Å². The maximum absolute atomic E-state index is 12.2. The summed E-state index contributed by atoms with van der Waals surface area (Å²) in [5.74, 6) is 0. The number of hydrogen-bond acceptors (Lipinski definition) is 5. The molecule has 29 heavy (non-hydrogen) atoms. The molecule has 0 amide bonds. The molecule has 5 nitrogen and oxygen atoms in total. The van der Waals surface area contributed by atoms with E-state index in [1.165, 1.54) is 24.3 Å². The van der Waals surface area contributed by atoms with Crippen LogP contribution in [0.4, 0.5) is 37.7 Å². The normalized spacial score (nSPS) is 11.4. The van der Waals surface area contributed by atoms with E-state index in [1.807, 2.05) is 0 Å². The van der Waals surface area contributed by atoms with Crippen LogP contribution in [0.1, 0.15) is 11.1 Å². The van der Waals surface area contributed by atoms with Crippen molar-refractivity contribution in [3.63, 3.8) is 0 Å². The van der Waals surface area contributed by atoms with Gasteiger partial charge in [-0.25, -0.2) is 0 Å². The largest absolute Gasteiger partial charge is 0.416 e. The summed E-state index contributed by atoms with van der Waals surface area (Å²) in [5, 5.41) is 22.1. The summed E-state index contributed by atoms with van der Waals surface area (Å²) in [7, 11) is 0. The van der Waals surface area contributed by atoms with Crippen LogP contribution < -0.4 is 10.6 Å². The molecule has 0 heterocycles. The van der Waals surface area contributed by atoms with Crippen LogP contribution in [0.15, 0.2) is 48.5 Å². The van der Waals surface area contributed by atoms with E-state index in [0.29, 0.717) is 11.4 Å². The minimum atomic E-state index is -4.31. The van der Waals surface area contributed by atoms with Crippen LogP contribution in [-0.4, -0.2) is 36.9 Å². The highest BCUT2D eigenvalue weighted by molar-refractivity contribution is 5.45. The first kappa shape index (κ1) is 24.5. The first-order chi connectivity index (χ1) is 13.6. The molecule has 11 heteroatoms. The van der Waals surface area contributed by atoms with Gasteiger partial charge in [0.15, 0.2) is 0 Å². The van der Waals surface area contributed by atoms with Gasteiger partial charge in [-0.05, 0) is 48.5 Å². The summed E-state index contributed by atoms with van der Waals surface area (Å²) in [4.78, 5) is 0. The molecule has 2 aromatic carbocycles. The van der Waals surface area contributed by atoms with Gasteiger partial charge in [-0.1, -0.05) is 0 Å². The molecule has 2 aromatic rings. The molecule has 2 rings (SSSR count). The van der Waals surface area contributed by atoms with Gasteiger partial charge in [0.05, 0.1) is 24.3 Å². The Morgan fingerprint density at radius 1 is 0.690 bits per heavy atom. The van der Waals surface area contributed by atoms with Crippen molar-refractivity contribution in [1.29, 1.82) is 0 Å². The van der Waals surface area contributed by atoms with Crippen LogP contribution in [0, 0.1) is 0 Å². The molecule has 0 bridgehead atoms. The Labute approximate surface area is 162 Å². The van der Waals surface area contributed by atoms with E-state index >= 15 is 0 Å². The van der Waals surface area contributed by atoms with Crippen molar-refractivity contribution < 1.29 is 41.3 Å². The van der Waals surface area contributed by atoms with Crippen molar-refractivity contribution in [3.05, 3.63) is 59.7 Å². The number of rotatable bonds is 7. The lowest BCUT2D eigenvalue weighted by atomic mass is 10.2. The third-order valence-electron chi connectivity index (χ3n) is 3.32. The Morgan fingerprint density at radius 3 is 1.45 bits per heavy atom. The predicted octanol–water partition coefficient (Wildman–Crippen LogP) is 4.15. The number of alkyl halides is 6. The van der Waals surface area contributed by atoms with Crippen molar-refractivity contribution in [1.82, 2.24) is 0 Å². The van der Waals surface area contributed by atoms with E-state index < -0.39 is 23.5 Å². The zero-order chi connectivity index (χ0) is 21.9. The Morgan fingerprint density at radius 2 is 1.10 bits per heavy atom. The van der Waals surface area contributed by atoms with Crippen LogP contribution in [0.25, 0.3) is 0 Å². The number of benzene rings is 2. The maximum atomic E-state index is 12.2. The number of anilines is 2. The molecular weight excluding hydrogens is 406 g/mol. The second-order valence-electron chi connectivity index (χ2n) is 5.44. The first-order valence-corrected chi connectivity index (χ1v) is 8.19. The van der Waals surface area contributed by atoms with E-state index in [4.69, 9.17) is 14.9 Å². The first-order valence-electron chi connectivity index (χ1n) is 8.19. The van der Waals surface area contributed by atoms with E-state index in [-0.39, 0.29) is 26.7 Å². The summed E-state index contributed by atoms with van der Waals surface area (Å²) in [6.07, 6.45) is -8.62. The minimum Gasteiger partial charge on any atom is -0.394 e. The maximum Gasteiger partial charge on any atom is 0.416 e. The highest BCUT2D eigenvalue weighted by Crippen LogP contribution is 2.30. The molecule has 162 valence electrons. The molecule has 0 aliphatic carbocycles. The lowest BCUT2D eigenvalue weighted by Gasteiger charge is -2.09. The zero-order valence-corrected chi connectivity index (χ0v) is 15.0. The molecule has 0 aliphatic heterocycles. The topological polar surface area (TPSA) is 73.8 Å². The second kappa shape index (κ2) is 11.5. The summed E-state index contributed by atoms with van der Waals surface area (Å²) in [6, 6.07) is 9.08. The van der Waals surface area contributed by atoms with Gasteiger partial charge >= 0.3 is 12.4 Å². The molecule has 0 saturated heterocycles. The van der Waals surface area contributed by atoms with Crippen molar-refractivity contribution >= 4 is 11.4 Å². The number of halogens is 6. The Balaban J connectivity index is 0.000000296. The highest BCUT2D eigenvalue weighted by atomic mass is 19.4. The van der Waals surface area contributed by atoms with Crippen molar-refractivity contribution in [2.24, 2.45) is 0 Å². The Hall–Kier alpha value is -2.50. The standard InChI is InChI=1S/C10H12F3NO2.C8H8F3NO/c11-10(12,13)8-1-3-9(4-2-8)14-7-16-6-5-15;9-8(10,11)6-1-3-7(4-2-6)12-5-13/h1-4,14-15H,5-7H2;1-4,12-13H,5H2. The van der Waals surface area contributed by atoms with Crippen molar-refractivity contribution in [2.75, 3.05) is 37.3 Å². The smallest absolute Gasteiger partial charge is 0.394 e. The fraction of sp³-hybridized carbons (Fsp3) is 0.333. The number of ether oxygens (including phenoxy) is 1. The molecule has 0 atom stereocenters. The molecular formula is C18H20F6N2O3. The molecule has 0 radical (unpaired) electrons. The zero-order valence-electron chi connectivity index (χ0n) is 15.0. The molecule has 0 spiro atoms. The molecule has 4 N–H and O–H groups in total. The fourth-order valence-corrected chi connectivity index (χ4v) is 1.92. The third kappa shape index (κ3) is 9.50. The summed E-state index contributed by atoms with van der Waals surface area (Å²) < 4.78 is 77.6. The van der Waals surface area contributed by atoms with Gasteiger partial charge in [0.25, 0.3) is 0 Å². The lowest BCUT2D eigenvalue weighted by Crippen LogP contribution is -2.09. The number of aliphatic hydroxyl groups excluding tert-OH is 2. The SMILES string of the molecule is OCCOCNc1ccc(C(F)(F)F)cc1.OCNc1ccc(C(F)(F)F)cc1. The van der Waals surface area contributed by atoms with Gasteiger partial charge in [-0.3, -0.25) is 0 Å². The Kier molecular flexibility index (Phi) is 9.72. The average Bonchev–Trinajstić information content (AvgIpc) is 2.65. The van der Waals surface area contributed by atoms with Crippen LogP contribution >= 0.6 is 0 Å². The molecule has 0 aromatic heterocycles. The van der Waals surface area contributed by atoms with E-state index in [2.05, 4.69) is 10.6 Å². The fourth-order valence-electron chi connectivity index (χ4n) is 1.92. The summed E-state index contributed by atoms with van der Waals surface area (Å²) in [6.45, 7) is -0.0559. The van der Waals surface area contributed by atoms with Gasteiger partial charge in [-0.15, -0.1) is 0 Å². The van der Waals surface area contributed by atoms with Gasteiger partial charge in [-0.2, -0.15) is 26.3 Å². The van der Waals surface area contributed by atoms with E-state index in [9.17, 15) is 26.3 Å². The predicted molar refractivity (Wildman–Crippen MR) is 95.1 cm³/mol. The number of hydrogen-bond donors (Lipinski definition) is 4. The van der Waals surface area contributed by atoms with Crippen molar-refractivity contribution in [3.8, 4) is 0 Å². The van der Waals surface area contributed by atoms with Crippen LogP contribution in [0.3, 0.4) is 0 Å². The second-order valence-corrected chi connectivity index (χ2v) is 5.44. The van der Waals surface area contributed by atoms with Gasteiger partial charge < -0.3 is 25.6 Å². The van der Waals surface area contributed by atoms with Crippen molar-refractivity contribution in [2.45, 2.75) is 12.4 Å². The monoisotopic (exact) mass is 426 g/mol. The number of nitrogens with one attached hydrogen (secondary N) is 2. The highest BCUT2D eigenvalue weighted by Gasteiger charge is 2.30. The minimum absolute atomic E-state index is 0.0886. The molecule has 0 fully saturated rings. The summed E-state index contributed by atoms with van der Waals surface area (Å²) in [5.41, 5.74) is -0.397. The molecule has 0 aliphatic rings. The quantitative estimate of drug-likeness (QED) is 0.304. The summed E-state index contributed by atoms with van der Waals surface area (Å²) >= 11 is 0. The van der Waals surface area contributed by atoms with Crippen LogP contribution in [0.2, 0.25) is 0 Å². The van der Waals surface area contributed by atoms with E-state index in [0.717, 1.165) is 24.3 Å².